The molecular weight excluding hydrogens is 422 g/mol. The van der Waals surface area contributed by atoms with Crippen molar-refractivity contribution in [3.63, 3.8) is 0 Å². The smallest absolute Gasteiger partial charge is 0.387 e. The molecule has 0 saturated carbocycles. The first kappa shape index (κ1) is 20.7. The van der Waals surface area contributed by atoms with Crippen LogP contribution in [0.2, 0.25) is 0 Å². The average molecular weight is 440 g/mol. The third-order valence-electron chi connectivity index (χ3n) is 4.56. The summed E-state index contributed by atoms with van der Waals surface area (Å²) in [6, 6.07) is 19.7. The summed E-state index contributed by atoms with van der Waals surface area (Å²) in [7, 11) is 1.32. The molecule has 0 aliphatic heterocycles. The number of benzene rings is 3. The minimum Gasteiger partial charge on any atom is -0.493 e. The molecule has 4 rings (SSSR count). The Hall–Kier alpha value is -3.52. The molecule has 0 saturated heterocycles. The standard InChI is InChI=1S/C23H18F2N2O3S/c1-29-18-7-4-5-16(21(18)30-23(24)25)22(28)26-15-11-9-14(10-12-15)13-20-27-17-6-2-3-8-19(17)31-20/h2-12,23H,13H2,1H3,(H,26,28). The van der Waals surface area contributed by atoms with E-state index in [9.17, 15) is 13.6 Å². The van der Waals surface area contributed by atoms with Gasteiger partial charge in [-0.1, -0.05) is 30.3 Å². The van der Waals surface area contributed by atoms with Gasteiger partial charge in [-0.3, -0.25) is 4.79 Å². The summed E-state index contributed by atoms with van der Waals surface area (Å²) < 4.78 is 36.3. The summed E-state index contributed by atoms with van der Waals surface area (Å²) >= 11 is 1.65. The summed E-state index contributed by atoms with van der Waals surface area (Å²) in [5.74, 6) is -0.822. The van der Waals surface area contributed by atoms with E-state index in [4.69, 9.17) is 4.74 Å². The van der Waals surface area contributed by atoms with Crippen molar-refractivity contribution in [1.82, 2.24) is 4.98 Å². The van der Waals surface area contributed by atoms with E-state index < -0.39 is 12.5 Å². The Morgan fingerprint density at radius 3 is 2.55 bits per heavy atom. The summed E-state index contributed by atoms with van der Waals surface area (Å²) in [4.78, 5) is 17.3. The third-order valence-corrected chi connectivity index (χ3v) is 5.59. The highest BCUT2D eigenvalue weighted by Crippen LogP contribution is 2.33. The Labute approximate surface area is 181 Å². The van der Waals surface area contributed by atoms with Crippen molar-refractivity contribution in [2.45, 2.75) is 13.0 Å². The molecule has 1 amide bonds. The minimum absolute atomic E-state index is 0.0433. The summed E-state index contributed by atoms with van der Waals surface area (Å²) in [6.07, 6.45) is 0.676. The molecule has 158 valence electrons. The van der Waals surface area contributed by atoms with E-state index in [1.807, 2.05) is 36.4 Å². The maximum absolute atomic E-state index is 12.8. The number of ether oxygens (including phenoxy) is 2. The van der Waals surface area contributed by atoms with Gasteiger partial charge < -0.3 is 14.8 Å². The van der Waals surface area contributed by atoms with Crippen molar-refractivity contribution in [1.29, 1.82) is 0 Å². The zero-order valence-corrected chi connectivity index (χ0v) is 17.3. The van der Waals surface area contributed by atoms with Crippen LogP contribution in [0, 0.1) is 0 Å². The molecular formula is C23H18F2N2O3S. The number of alkyl halides is 2. The first-order valence-electron chi connectivity index (χ1n) is 9.40. The number of para-hydroxylation sites is 2. The lowest BCUT2D eigenvalue weighted by Crippen LogP contribution is -2.15. The van der Waals surface area contributed by atoms with Crippen molar-refractivity contribution < 1.29 is 23.0 Å². The molecule has 8 heteroatoms. The molecule has 0 unspecified atom stereocenters. The lowest BCUT2D eigenvalue weighted by atomic mass is 10.1. The van der Waals surface area contributed by atoms with Crippen molar-refractivity contribution in [3.05, 3.63) is 82.9 Å². The number of amides is 1. The second-order valence-electron chi connectivity index (χ2n) is 6.62. The van der Waals surface area contributed by atoms with Crippen LogP contribution in [0.4, 0.5) is 14.5 Å². The molecule has 1 N–H and O–H groups in total. The topological polar surface area (TPSA) is 60.5 Å². The van der Waals surface area contributed by atoms with Gasteiger partial charge in [-0.05, 0) is 42.0 Å². The van der Waals surface area contributed by atoms with E-state index in [0.717, 1.165) is 20.8 Å². The molecule has 0 bridgehead atoms. The van der Waals surface area contributed by atoms with Crippen molar-refractivity contribution in [3.8, 4) is 11.5 Å². The number of thiazole rings is 1. The lowest BCUT2D eigenvalue weighted by Gasteiger charge is -2.14. The van der Waals surface area contributed by atoms with Crippen molar-refractivity contribution >= 4 is 33.1 Å². The van der Waals surface area contributed by atoms with E-state index in [-0.39, 0.29) is 17.1 Å². The molecule has 3 aromatic carbocycles. The van der Waals surface area contributed by atoms with Gasteiger partial charge in [-0.25, -0.2) is 4.98 Å². The Balaban J connectivity index is 1.48. The lowest BCUT2D eigenvalue weighted by molar-refractivity contribution is -0.0515. The van der Waals surface area contributed by atoms with Crippen LogP contribution >= 0.6 is 11.3 Å². The average Bonchev–Trinajstić information content (AvgIpc) is 3.17. The number of hydrogen-bond donors (Lipinski definition) is 1. The molecule has 31 heavy (non-hydrogen) atoms. The highest BCUT2D eigenvalue weighted by atomic mass is 32.1. The number of hydrogen-bond acceptors (Lipinski definition) is 5. The van der Waals surface area contributed by atoms with Crippen LogP contribution in [0.5, 0.6) is 11.5 Å². The molecule has 0 aliphatic carbocycles. The highest BCUT2D eigenvalue weighted by molar-refractivity contribution is 7.18. The Morgan fingerprint density at radius 2 is 1.84 bits per heavy atom. The Morgan fingerprint density at radius 1 is 1.06 bits per heavy atom. The van der Waals surface area contributed by atoms with E-state index in [1.165, 1.54) is 25.3 Å². The van der Waals surface area contributed by atoms with Gasteiger partial charge in [-0.2, -0.15) is 8.78 Å². The first-order valence-corrected chi connectivity index (χ1v) is 10.2. The third kappa shape index (κ3) is 4.80. The summed E-state index contributed by atoms with van der Waals surface area (Å²) in [5.41, 5.74) is 2.51. The van der Waals surface area contributed by atoms with Gasteiger partial charge in [0.2, 0.25) is 0 Å². The molecule has 0 fully saturated rings. The van der Waals surface area contributed by atoms with Gasteiger partial charge in [0.05, 0.1) is 27.9 Å². The van der Waals surface area contributed by atoms with Crippen LogP contribution < -0.4 is 14.8 Å². The van der Waals surface area contributed by atoms with Gasteiger partial charge in [0, 0.05) is 12.1 Å². The molecule has 0 spiro atoms. The zero-order chi connectivity index (χ0) is 21.8. The maximum Gasteiger partial charge on any atom is 0.387 e. The molecule has 4 aromatic rings. The van der Waals surface area contributed by atoms with Crippen LogP contribution in [-0.4, -0.2) is 24.6 Å². The molecule has 0 aliphatic rings. The number of anilines is 1. The number of methoxy groups -OCH3 is 1. The highest BCUT2D eigenvalue weighted by Gasteiger charge is 2.20. The number of nitrogens with zero attached hydrogens (tertiary/aromatic N) is 1. The second-order valence-corrected chi connectivity index (χ2v) is 7.73. The van der Waals surface area contributed by atoms with Crippen LogP contribution in [0.25, 0.3) is 10.2 Å². The fraction of sp³-hybridized carbons (Fsp3) is 0.130. The van der Waals surface area contributed by atoms with Crippen LogP contribution in [0.15, 0.2) is 66.7 Å². The summed E-state index contributed by atoms with van der Waals surface area (Å²) in [5, 5.41) is 3.71. The normalized spacial score (nSPS) is 11.0. The van der Waals surface area contributed by atoms with Crippen molar-refractivity contribution in [2.75, 3.05) is 12.4 Å². The SMILES string of the molecule is COc1cccc(C(=O)Nc2ccc(Cc3nc4ccccc4s3)cc2)c1OC(F)F. The fourth-order valence-corrected chi connectivity index (χ4v) is 4.14. The van der Waals surface area contributed by atoms with Gasteiger partial charge in [0.25, 0.3) is 5.91 Å². The second kappa shape index (κ2) is 9.09. The minimum atomic E-state index is -3.08. The number of rotatable bonds is 7. The van der Waals surface area contributed by atoms with Gasteiger partial charge in [-0.15, -0.1) is 11.3 Å². The fourth-order valence-electron chi connectivity index (χ4n) is 3.14. The van der Waals surface area contributed by atoms with E-state index in [2.05, 4.69) is 15.0 Å². The number of nitrogens with one attached hydrogen (secondary N) is 1. The molecule has 5 nitrogen and oxygen atoms in total. The predicted octanol–water partition coefficient (Wildman–Crippen LogP) is 5.75. The molecule has 1 heterocycles. The van der Waals surface area contributed by atoms with Gasteiger partial charge >= 0.3 is 6.61 Å². The van der Waals surface area contributed by atoms with Crippen LogP contribution in [0.3, 0.4) is 0 Å². The van der Waals surface area contributed by atoms with Gasteiger partial charge in [0.15, 0.2) is 11.5 Å². The van der Waals surface area contributed by atoms with Gasteiger partial charge in [0.1, 0.15) is 0 Å². The van der Waals surface area contributed by atoms with E-state index in [1.54, 1.807) is 23.5 Å². The van der Waals surface area contributed by atoms with E-state index in [0.29, 0.717) is 12.1 Å². The quantitative estimate of drug-likeness (QED) is 0.398. The van der Waals surface area contributed by atoms with Crippen LogP contribution in [-0.2, 0) is 6.42 Å². The predicted molar refractivity (Wildman–Crippen MR) is 116 cm³/mol. The molecule has 0 radical (unpaired) electrons. The zero-order valence-electron chi connectivity index (χ0n) is 16.5. The number of aromatic nitrogens is 1. The first-order chi connectivity index (χ1) is 15.0. The number of halogens is 2. The largest absolute Gasteiger partial charge is 0.493 e. The number of fused-ring (bicyclic) bond motifs is 1. The number of carbonyl (C=O) groups is 1. The monoisotopic (exact) mass is 440 g/mol. The molecule has 1 aromatic heterocycles. The van der Waals surface area contributed by atoms with Crippen LogP contribution in [0.1, 0.15) is 20.9 Å². The maximum atomic E-state index is 12.8. The van der Waals surface area contributed by atoms with E-state index >= 15 is 0 Å². The van der Waals surface area contributed by atoms with Crippen molar-refractivity contribution in [2.24, 2.45) is 0 Å². The number of carbonyl (C=O) groups excluding carboxylic acids is 1. The Kier molecular flexibility index (Phi) is 6.08. The molecule has 0 atom stereocenters. The Bertz CT molecular complexity index is 1180. The summed E-state index contributed by atoms with van der Waals surface area (Å²) in [6.45, 7) is -3.08.